The van der Waals surface area contributed by atoms with Crippen LogP contribution in [0, 0.1) is 0 Å². The van der Waals surface area contributed by atoms with Gasteiger partial charge in [0, 0.05) is 6.92 Å². The van der Waals surface area contributed by atoms with E-state index in [1.165, 1.54) is 5.56 Å². The number of hydrogen-bond acceptors (Lipinski definition) is 3. The summed E-state index contributed by atoms with van der Waals surface area (Å²) in [4.78, 5) is 11.3. The van der Waals surface area contributed by atoms with Crippen LogP contribution in [-0.2, 0) is 11.3 Å². The molecule has 0 aliphatic carbocycles. The van der Waals surface area contributed by atoms with Crippen molar-refractivity contribution in [3.63, 3.8) is 0 Å². The summed E-state index contributed by atoms with van der Waals surface area (Å²) >= 11 is 0. The molecule has 0 bridgehead atoms. The van der Waals surface area contributed by atoms with E-state index in [1.807, 2.05) is 18.2 Å². The standard InChI is InChI=1S/C14H22N2OSi/c1-12(13(2)17)15-16(18(3,4)5)11-14-9-7-6-8-10-14/h6-10H,11H2,1-5H3. The topological polar surface area (TPSA) is 32.7 Å². The number of carbonyl (C=O) groups excluding carboxylic acids is 1. The molecule has 18 heavy (non-hydrogen) atoms. The van der Waals surface area contributed by atoms with Gasteiger partial charge in [-0.25, -0.2) is 0 Å². The third kappa shape index (κ3) is 4.45. The van der Waals surface area contributed by atoms with Gasteiger partial charge in [0.15, 0.2) is 14.0 Å². The molecule has 1 rings (SSSR count). The fourth-order valence-corrected chi connectivity index (χ4v) is 2.54. The number of Topliss-reactive ketones (excluding diaryl/α,β-unsaturated/α-hetero) is 1. The van der Waals surface area contributed by atoms with E-state index in [4.69, 9.17) is 0 Å². The third-order valence-electron chi connectivity index (χ3n) is 2.73. The Morgan fingerprint density at radius 3 is 2.17 bits per heavy atom. The molecule has 0 saturated carbocycles. The smallest absolute Gasteiger partial charge is 0.175 e. The molecule has 0 amide bonds. The highest BCUT2D eigenvalue weighted by Crippen LogP contribution is 2.15. The average molecular weight is 262 g/mol. The van der Waals surface area contributed by atoms with Gasteiger partial charge in [-0.15, -0.1) is 0 Å². The number of hydrazone groups is 1. The van der Waals surface area contributed by atoms with E-state index in [1.54, 1.807) is 13.8 Å². The number of carbonyl (C=O) groups is 1. The zero-order chi connectivity index (χ0) is 13.8. The zero-order valence-corrected chi connectivity index (χ0v) is 12.9. The lowest BCUT2D eigenvalue weighted by Crippen LogP contribution is -2.42. The highest BCUT2D eigenvalue weighted by atomic mass is 28.3. The molecule has 3 nitrogen and oxygen atoms in total. The molecule has 0 radical (unpaired) electrons. The molecule has 0 atom stereocenters. The predicted octanol–water partition coefficient (Wildman–Crippen LogP) is 3.29. The van der Waals surface area contributed by atoms with Crippen molar-refractivity contribution in [3.8, 4) is 0 Å². The maximum atomic E-state index is 11.3. The summed E-state index contributed by atoms with van der Waals surface area (Å²) in [6, 6.07) is 10.2. The van der Waals surface area contributed by atoms with Gasteiger partial charge in [-0.1, -0.05) is 50.0 Å². The van der Waals surface area contributed by atoms with Crippen LogP contribution in [0.5, 0.6) is 0 Å². The van der Waals surface area contributed by atoms with Crippen molar-refractivity contribution in [2.24, 2.45) is 5.10 Å². The van der Waals surface area contributed by atoms with Gasteiger partial charge in [-0.2, -0.15) is 5.10 Å². The Balaban J connectivity index is 2.94. The van der Waals surface area contributed by atoms with Gasteiger partial charge < -0.3 is 4.67 Å². The summed E-state index contributed by atoms with van der Waals surface area (Å²) in [6.45, 7) is 10.8. The monoisotopic (exact) mass is 262 g/mol. The van der Waals surface area contributed by atoms with Crippen molar-refractivity contribution < 1.29 is 4.79 Å². The van der Waals surface area contributed by atoms with Gasteiger partial charge >= 0.3 is 0 Å². The molecule has 0 aliphatic rings. The van der Waals surface area contributed by atoms with Crippen LogP contribution < -0.4 is 0 Å². The minimum atomic E-state index is -1.58. The van der Waals surface area contributed by atoms with Crippen LogP contribution in [0.15, 0.2) is 35.4 Å². The van der Waals surface area contributed by atoms with Crippen LogP contribution in [-0.4, -0.2) is 24.4 Å². The van der Waals surface area contributed by atoms with Crippen LogP contribution in [0.3, 0.4) is 0 Å². The molecule has 1 aromatic carbocycles. The first-order chi connectivity index (χ1) is 8.30. The molecule has 0 unspecified atom stereocenters. The van der Waals surface area contributed by atoms with E-state index >= 15 is 0 Å². The second-order valence-electron chi connectivity index (χ2n) is 5.46. The molecule has 0 aliphatic heterocycles. The zero-order valence-electron chi connectivity index (χ0n) is 11.9. The van der Waals surface area contributed by atoms with Gasteiger partial charge in [0.1, 0.15) is 0 Å². The maximum absolute atomic E-state index is 11.3. The minimum Gasteiger partial charge on any atom is -0.320 e. The van der Waals surface area contributed by atoms with E-state index in [0.29, 0.717) is 5.71 Å². The van der Waals surface area contributed by atoms with Crippen LogP contribution in [0.2, 0.25) is 19.6 Å². The largest absolute Gasteiger partial charge is 0.320 e. The summed E-state index contributed by atoms with van der Waals surface area (Å²) < 4.78 is 2.10. The van der Waals surface area contributed by atoms with E-state index in [-0.39, 0.29) is 5.78 Å². The fourth-order valence-electron chi connectivity index (χ4n) is 1.43. The summed E-state index contributed by atoms with van der Waals surface area (Å²) in [5.74, 6) is 0.0336. The Labute approximate surface area is 111 Å². The fraction of sp³-hybridized carbons (Fsp3) is 0.429. The van der Waals surface area contributed by atoms with E-state index in [9.17, 15) is 4.79 Å². The molecule has 1 aromatic rings. The van der Waals surface area contributed by atoms with Gasteiger partial charge in [0.2, 0.25) is 0 Å². The van der Waals surface area contributed by atoms with Crippen molar-refractivity contribution in [1.29, 1.82) is 0 Å². The Hall–Kier alpha value is -1.42. The normalized spacial score (nSPS) is 12.4. The highest BCUT2D eigenvalue weighted by molar-refractivity contribution is 6.73. The first-order valence-corrected chi connectivity index (χ1v) is 9.63. The molecule has 0 spiro atoms. The average Bonchev–Trinajstić information content (AvgIpc) is 2.28. The number of benzene rings is 1. The first kappa shape index (κ1) is 14.6. The number of hydrogen-bond donors (Lipinski definition) is 0. The van der Waals surface area contributed by atoms with Crippen LogP contribution in [0.4, 0.5) is 0 Å². The maximum Gasteiger partial charge on any atom is 0.175 e. The molecule has 0 aromatic heterocycles. The molecule has 4 heteroatoms. The Kier molecular flexibility index (Phi) is 4.84. The van der Waals surface area contributed by atoms with E-state index in [2.05, 4.69) is 41.5 Å². The second-order valence-corrected chi connectivity index (χ2v) is 10.3. The minimum absolute atomic E-state index is 0.0336. The summed E-state index contributed by atoms with van der Waals surface area (Å²) in [5, 5.41) is 4.50. The van der Waals surface area contributed by atoms with Gasteiger partial charge in [0.05, 0.1) is 12.3 Å². The SMILES string of the molecule is CC(=O)C(C)=NN(Cc1ccccc1)[Si](C)(C)C. The molecule has 0 N–H and O–H groups in total. The van der Waals surface area contributed by atoms with Crippen LogP contribution >= 0.6 is 0 Å². The number of ketones is 1. The Morgan fingerprint density at radius 1 is 1.17 bits per heavy atom. The Bertz CT molecular complexity index is 435. The third-order valence-corrected chi connectivity index (χ3v) is 4.54. The first-order valence-electron chi connectivity index (χ1n) is 6.18. The van der Waals surface area contributed by atoms with Gasteiger partial charge in [-0.3, -0.25) is 4.79 Å². The van der Waals surface area contributed by atoms with Crippen LogP contribution in [0.25, 0.3) is 0 Å². The Morgan fingerprint density at radius 2 is 1.72 bits per heavy atom. The number of nitrogens with zero attached hydrogens (tertiary/aromatic N) is 2. The molecule has 0 heterocycles. The lowest BCUT2D eigenvalue weighted by atomic mass is 10.2. The van der Waals surface area contributed by atoms with Crippen molar-refractivity contribution in [3.05, 3.63) is 35.9 Å². The van der Waals surface area contributed by atoms with E-state index < -0.39 is 8.24 Å². The highest BCUT2D eigenvalue weighted by Gasteiger charge is 2.23. The van der Waals surface area contributed by atoms with Gasteiger partial charge in [-0.05, 0) is 12.5 Å². The quantitative estimate of drug-likeness (QED) is 0.463. The molecule has 0 fully saturated rings. The molecule has 98 valence electrons. The summed E-state index contributed by atoms with van der Waals surface area (Å²) in [7, 11) is -1.58. The predicted molar refractivity (Wildman–Crippen MR) is 79.1 cm³/mol. The van der Waals surface area contributed by atoms with Crippen molar-refractivity contribution >= 4 is 19.7 Å². The molecule has 0 saturated heterocycles. The lowest BCUT2D eigenvalue weighted by molar-refractivity contribution is -0.111. The van der Waals surface area contributed by atoms with Crippen molar-refractivity contribution in [1.82, 2.24) is 4.67 Å². The summed E-state index contributed by atoms with van der Waals surface area (Å²) in [6.07, 6.45) is 0. The second kappa shape index (κ2) is 5.95. The van der Waals surface area contributed by atoms with Gasteiger partial charge in [0.25, 0.3) is 0 Å². The van der Waals surface area contributed by atoms with Crippen molar-refractivity contribution in [2.45, 2.75) is 40.0 Å². The summed E-state index contributed by atoms with van der Waals surface area (Å²) in [5.41, 5.74) is 1.80. The van der Waals surface area contributed by atoms with E-state index in [0.717, 1.165) is 6.54 Å². The molecular formula is C14H22N2OSi. The number of rotatable bonds is 5. The lowest BCUT2D eigenvalue weighted by Gasteiger charge is -2.32. The van der Waals surface area contributed by atoms with Crippen molar-refractivity contribution in [2.75, 3.05) is 0 Å². The van der Waals surface area contributed by atoms with Crippen LogP contribution in [0.1, 0.15) is 19.4 Å². The molecular weight excluding hydrogens is 240 g/mol.